The fraction of sp³-hybridized carbons (Fsp3) is 0.300. The molecule has 5 nitrogen and oxygen atoms in total. The monoisotopic (exact) mass is 211 g/mol. The van der Waals surface area contributed by atoms with Crippen molar-refractivity contribution >= 4 is 6.09 Å². The van der Waals surface area contributed by atoms with Crippen molar-refractivity contribution in [2.75, 3.05) is 14.2 Å². The summed E-state index contributed by atoms with van der Waals surface area (Å²) in [5.41, 5.74) is 5.59. The van der Waals surface area contributed by atoms with E-state index in [0.717, 1.165) is 5.56 Å². The van der Waals surface area contributed by atoms with Gasteiger partial charge in [0.05, 0.1) is 14.2 Å². The Hall–Kier alpha value is -1.91. The van der Waals surface area contributed by atoms with Gasteiger partial charge in [-0.05, 0) is 12.1 Å². The Morgan fingerprint density at radius 1 is 1.33 bits per heavy atom. The molecule has 1 rings (SSSR count). The van der Waals surface area contributed by atoms with Crippen LogP contribution < -0.4 is 15.2 Å². The van der Waals surface area contributed by atoms with Gasteiger partial charge in [0.2, 0.25) is 0 Å². The number of carbonyl (C=O) groups excluding carboxylic acids is 1. The fourth-order valence-corrected chi connectivity index (χ4v) is 1.12. The van der Waals surface area contributed by atoms with Gasteiger partial charge < -0.3 is 19.9 Å². The molecule has 0 aromatic heterocycles. The van der Waals surface area contributed by atoms with Gasteiger partial charge in [-0.3, -0.25) is 0 Å². The third kappa shape index (κ3) is 3.05. The first-order valence-electron chi connectivity index (χ1n) is 4.30. The first-order chi connectivity index (χ1) is 7.17. The number of methoxy groups -OCH3 is 2. The lowest BCUT2D eigenvalue weighted by molar-refractivity contribution is 0.149. The average Bonchev–Trinajstić information content (AvgIpc) is 2.25. The summed E-state index contributed by atoms with van der Waals surface area (Å²) in [6.07, 6.45) is -0.812. The Balaban J connectivity index is 2.82. The lowest BCUT2D eigenvalue weighted by atomic mass is 10.2. The van der Waals surface area contributed by atoms with E-state index >= 15 is 0 Å². The van der Waals surface area contributed by atoms with Gasteiger partial charge in [0.25, 0.3) is 0 Å². The minimum Gasteiger partial charge on any atom is -0.497 e. The summed E-state index contributed by atoms with van der Waals surface area (Å²) >= 11 is 0. The molecule has 2 N–H and O–H groups in total. The summed E-state index contributed by atoms with van der Waals surface area (Å²) in [7, 11) is 3.09. The number of ether oxygens (including phenoxy) is 3. The molecular weight excluding hydrogens is 198 g/mol. The molecule has 0 aliphatic carbocycles. The van der Waals surface area contributed by atoms with Crippen molar-refractivity contribution < 1.29 is 19.0 Å². The molecular formula is C10H13NO4. The van der Waals surface area contributed by atoms with Crippen LogP contribution in [0.15, 0.2) is 18.2 Å². The van der Waals surface area contributed by atoms with Crippen molar-refractivity contribution in [2.24, 2.45) is 5.73 Å². The molecule has 1 aromatic carbocycles. The van der Waals surface area contributed by atoms with Gasteiger partial charge in [0.15, 0.2) is 0 Å². The second-order valence-corrected chi connectivity index (χ2v) is 2.79. The Morgan fingerprint density at radius 3 is 2.60 bits per heavy atom. The van der Waals surface area contributed by atoms with Crippen molar-refractivity contribution in [1.82, 2.24) is 0 Å². The quantitative estimate of drug-likeness (QED) is 0.814. The predicted octanol–water partition coefficient (Wildman–Crippen LogP) is 1.30. The van der Waals surface area contributed by atoms with E-state index in [9.17, 15) is 4.79 Å². The number of hydrogen-bond donors (Lipinski definition) is 1. The van der Waals surface area contributed by atoms with E-state index in [0.29, 0.717) is 11.5 Å². The van der Waals surface area contributed by atoms with E-state index in [2.05, 4.69) is 4.74 Å². The molecule has 15 heavy (non-hydrogen) atoms. The smallest absolute Gasteiger partial charge is 0.404 e. The molecule has 5 heteroatoms. The second-order valence-electron chi connectivity index (χ2n) is 2.79. The summed E-state index contributed by atoms with van der Waals surface area (Å²) in [5, 5.41) is 0. The standard InChI is InChI=1S/C10H13NO4/c1-13-8-4-3-7(6-15-10(11)12)9(5-8)14-2/h3-5H,6H2,1-2H3,(H2,11,12). The molecule has 0 radical (unpaired) electrons. The number of nitrogens with two attached hydrogens (primary N) is 1. The van der Waals surface area contributed by atoms with Crippen molar-refractivity contribution in [2.45, 2.75) is 6.61 Å². The normalized spacial score (nSPS) is 9.47. The van der Waals surface area contributed by atoms with Crippen LogP contribution in [0.2, 0.25) is 0 Å². The predicted molar refractivity (Wildman–Crippen MR) is 53.9 cm³/mol. The molecule has 1 aromatic rings. The van der Waals surface area contributed by atoms with Gasteiger partial charge in [-0.15, -0.1) is 0 Å². The fourth-order valence-electron chi connectivity index (χ4n) is 1.12. The number of carbonyl (C=O) groups is 1. The van der Waals surface area contributed by atoms with Gasteiger partial charge >= 0.3 is 6.09 Å². The molecule has 0 saturated heterocycles. The molecule has 0 aliphatic rings. The Labute approximate surface area is 87.7 Å². The van der Waals surface area contributed by atoms with Crippen LogP contribution in [-0.2, 0) is 11.3 Å². The van der Waals surface area contributed by atoms with E-state index in [1.807, 2.05) is 0 Å². The third-order valence-corrected chi connectivity index (χ3v) is 1.86. The molecule has 0 unspecified atom stereocenters. The van der Waals surface area contributed by atoms with E-state index in [1.165, 1.54) is 7.11 Å². The number of rotatable bonds is 4. The molecule has 0 spiro atoms. The lowest BCUT2D eigenvalue weighted by Crippen LogP contribution is -2.12. The highest BCUT2D eigenvalue weighted by Crippen LogP contribution is 2.24. The number of hydrogen-bond acceptors (Lipinski definition) is 4. The van der Waals surface area contributed by atoms with E-state index in [4.69, 9.17) is 15.2 Å². The van der Waals surface area contributed by atoms with Crippen LogP contribution in [0.4, 0.5) is 4.79 Å². The van der Waals surface area contributed by atoms with Crippen LogP contribution >= 0.6 is 0 Å². The van der Waals surface area contributed by atoms with Crippen molar-refractivity contribution in [3.05, 3.63) is 23.8 Å². The maximum absolute atomic E-state index is 10.4. The zero-order valence-corrected chi connectivity index (χ0v) is 8.65. The average molecular weight is 211 g/mol. The van der Waals surface area contributed by atoms with Gasteiger partial charge in [0.1, 0.15) is 18.1 Å². The van der Waals surface area contributed by atoms with E-state index < -0.39 is 6.09 Å². The van der Waals surface area contributed by atoms with Crippen molar-refractivity contribution in [3.8, 4) is 11.5 Å². The van der Waals surface area contributed by atoms with Crippen molar-refractivity contribution in [3.63, 3.8) is 0 Å². The van der Waals surface area contributed by atoms with Gasteiger partial charge in [-0.25, -0.2) is 4.79 Å². The SMILES string of the molecule is COc1ccc(COC(N)=O)c(OC)c1. The zero-order valence-electron chi connectivity index (χ0n) is 8.65. The maximum Gasteiger partial charge on any atom is 0.404 e. The molecule has 1 amide bonds. The second kappa shape index (κ2) is 5.09. The first-order valence-corrected chi connectivity index (χ1v) is 4.30. The van der Waals surface area contributed by atoms with Gasteiger partial charge in [-0.2, -0.15) is 0 Å². The number of amides is 1. The summed E-state index contributed by atoms with van der Waals surface area (Å²) in [6, 6.07) is 5.21. The molecule has 82 valence electrons. The summed E-state index contributed by atoms with van der Waals surface area (Å²) in [6.45, 7) is 0.0858. The molecule has 0 fully saturated rings. The van der Waals surface area contributed by atoms with Gasteiger partial charge in [0, 0.05) is 11.6 Å². The van der Waals surface area contributed by atoms with E-state index in [1.54, 1.807) is 25.3 Å². The minimum atomic E-state index is -0.812. The lowest BCUT2D eigenvalue weighted by Gasteiger charge is -2.09. The summed E-state index contributed by atoms with van der Waals surface area (Å²) < 4.78 is 14.8. The largest absolute Gasteiger partial charge is 0.497 e. The topological polar surface area (TPSA) is 70.8 Å². The van der Waals surface area contributed by atoms with Crippen LogP contribution in [0.3, 0.4) is 0 Å². The van der Waals surface area contributed by atoms with Crippen molar-refractivity contribution in [1.29, 1.82) is 0 Å². The molecule has 0 atom stereocenters. The third-order valence-electron chi connectivity index (χ3n) is 1.86. The minimum absolute atomic E-state index is 0.0858. The number of benzene rings is 1. The van der Waals surface area contributed by atoms with Crippen LogP contribution in [-0.4, -0.2) is 20.3 Å². The van der Waals surface area contributed by atoms with Crippen LogP contribution in [0.1, 0.15) is 5.56 Å². The Kier molecular flexibility index (Phi) is 3.79. The Bertz CT molecular complexity index is 351. The highest BCUT2D eigenvalue weighted by molar-refractivity contribution is 5.64. The summed E-state index contributed by atoms with van der Waals surface area (Å²) in [4.78, 5) is 10.4. The Morgan fingerprint density at radius 2 is 2.07 bits per heavy atom. The van der Waals surface area contributed by atoms with Crippen LogP contribution in [0.25, 0.3) is 0 Å². The van der Waals surface area contributed by atoms with Crippen LogP contribution in [0.5, 0.6) is 11.5 Å². The zero-order chi connectivity index (χ0) is 11.3. The maximum atomic E-state index is 10.4. The van der Waals surface area contributed by atoms with Gasteiger partial charge in [-0.1, -0.05) is 0 Å². The van der Waals surface area contributed by atoms with E-state index in [-0.39, 0.29) is 6.61 Å². The summed E-state index contributed by atoms with van der Waals surface area (Å²) in [5.74, 6) is 1.27. The first kappa shape index (κ1) is 11.2. The molecule has 0 heterocycles. The highest BCUT2D eigenvalue weighted by Gasteiger charge is 2.06. The highest BCUT2D eigenvalue weighted by atomic mass is 16.5. The molecule has 0 saturated carbocycles. The molecule has 0 aliphatic heterocycles. The number of primary amides is 1. The molecule has 0 bridgehead atoms. The van der Waals surface area contributed by atoms with Crippen LogP contribution in [0, 0.1) is 0 Å².